The van der Waals surface area contributed by atoms with E-state index in [9.17, 15) is 4.39 Å². The first-order valence-electron chi connectivity index (χ1n) is 7.69. The second kappa shape index (κ2) is 7.37. The van der Waals surface area contributed by atoms with Crippen molar-refractivity contribution in [1.29, 1.82) is 0 Å². The molecular formula is C19H24FN. The second-order valence-corrected chi connectivity index (χ2v) is 5.72. The smallest absolute Gasteiger partial charge is 0.126 e. The van der Waals surface area contributed by atoms with Crippen molar-refractivity contribution >= 4 is 0 Å². The number of hydrogen-bond acceptors (Lipinski definition) is 1. The molecule has 1 unspecified atom stereocenters. The maximum absolute atomic E-state index is 13.3. The Morgan fingerprint density at radius 3 is 2.33 bits per heavy atom. The molecule has 0 saturated carbocycles. The van der Waals surface area contributed by atoms with E-state index in [0.29, 0.717) is 11.6 Å². The lowest BCUT2D eigenvalue weighted by molar-refractivity contribution is 0.543. The van der Waals surface area contributed by atoms with E-state index in [0.717, 1.165) is 30.5 Å². The standard InChI is InChI=1S/C19H24FN/c1-4-11-21-15(3)13-16-5-7-17(8-6-16)18-9-10-19(20)14(2)12-18/h5-10,12,15,21H,4,11,13H2,1-3H3. The molecular weight excluding hydrogens is 261 g/mol. The van der Waals surface area contributed by atoms with E-state index in [-0.39, 0.29) is 5.82 Å². The van der Waals surface area contributed by atoms with Crippen LogP contribution in [0.5, 0.6) is 0 Å². The highest BCUT2D eigenvalue weighted by Gasteiger charge is 2.04. The van der Waals surface area contributed by atoms with E-state index in [4.69, 9.17) is 0 Å². The molecule has 0 aliphatic carbocycles. The van der Waals surface area contributed by atoms with Crippen molar-refractivity contribution in [2.24, 2.45) is 0 Å². The molecule has 1 N–H and O–H groups in total. The van der Waals surface area contributed by atoms with Gasteiger partial charge in [-0.15, -0.1) is 0 Å². The minimum absolute atomic E-state index is 0.147. The van der Waals surface area contributed by atoms with Gasteiger partial charge in [0, 0.05) is 6.04 Å². The molecule has 0 radical (unpaired) electrons. The van der Waals surface area contributed by atoms with Crippen LogP contribution in [0.4, 0.5) is 4.39 Å². The summed E-state index contributed by atoms with van der Waals surface area (Å²) in [5, 5.41) is 3.50. The van der Waals surface area contributed by atoms with Gasteiger partial charge in [0.25, 0.3) is 0 Å². The molecule has 2 rings (SSSR count). The molecule has 2 heteroatoms. The van der Waals surface area contributed by atoms with Gasteiger partial charge >= 0.3 is 0 Å². The Morgan fingerprint density at radius 2 is 1.71 bits per heavy atom. The normalized spacial score (nSPS) is 12.4. The van der Waals surface area contributed by atoms with E-state index < -0.39 is 0 Å². The number of aryl methyl sites for hydroxylation is 1. The van der Waals surface area contributed by atoms with Crippen molar-refractivity contribution in [3.63, 3.8) is 0 Å². The Bertz CT molecular complexity index is 575. The number of benzene rings is 2. The van der Waals surface area contributed by atoms with E-state index in [1.165, 1.54) is 11.6 Å². The fraction of sp³-hybridized carbons (Fsp3) is 0.368. The van der Waals surface area contributed by atoms with Crippen LogP contribution in [-0.2, 0) is 6.42 Å². The Hall–Kier alpha value is -1.67. The first-order valence-corrected chi connectivity index (χ1v) is 7.69. The van der Waals surface area contributed by atoms with Gasteiger partial charge in [-0.1, -0.05) is 37.3 Å². The summed E-state index contributed by atoms with van der Waals surface area (Å²) in [5.74, 6) is -0.147. The van der Waals surface area contributed by atoms with Crippen LogP contribution < -0.4 is 5.32 Å². The van der Waals surface area contributed by atoms with Crippen LogP contribution in [0, 0.1) is 12.7 Å². The summed E-state index contributed by atoms with van der Waals surface area (Å²) in [6.07, 6.45) is 2.19. The molecule has 0 saturated heterocycles. The van der Waals surface area contributed by atoms with Gasteiger partial charge in [-0.3, -0.25) is 0 Å². The van der Waals surface area contributed by atoms with Gasteiger partial charge in [0.1, 0.15) is 5.82 Å². The Morgan fingerprint density at radius 1 is 1.05 bits per heavy atom. The number of halogens is 1. The molecule has 1 nitrogen and oxygen atoms in total. The largest absolute Gasteiger partial charge is 0.314 e. The van der Waals surface area contributed by atoms with Gasteiger partial charge in [0.05, 0.1) is 0 Å². The molecule has 0 amide bonds. The maximum Gasteiger partial charge on any atom is 0.126 e. The SMILES string of the molecule is CCCNC(C)Cc1ccc(-c2ccc(F)c(C)c2)cc1. The minimum Gasteiger partial charge on any atom is -0.314 e. The first-order chi connectivity index (χ1) is 10.1. The van der Waals surface area contributed by atoms with Crippen LogP contribution in [0.1, 0.15) is 31.4 Å². The molecule has 1 atom stereocenters. The molecule has 0 spiro atoms. The van der Waals surface area contributed by atoms with Crippen molar-refractivity contribution in [1.82, 2.24) is 5.32 Å². The average Bonchev–Trinajstić information content (AvgIpc) is 2.49. The molecule has 0 aromatic heterocycles. The minimum atomic E-state index is -0.147. The fourth-order valence-electron chi connectivity index (χ4n) is 2.47. The van der Waals surface area contributed by atoms with Crippen molar-refractivity contribution in [2.75, 3.05) is 6.54 Å². The molecule has 0 heterocycles. The summed E-state index contributed by atoms with van der Waals surface area (Å²) in [7, 11) is 0. The van der Waals surface area contributed by atoms with Gasteiger partial charge in [0.2, 0.25) is 0 Å². The van der Waals surface area contributed by atoms with E-state index in [1.807, 2.05) is 12.1 Å². The summed E-state index contributed by atoms with van der Waals surface area (Å²) in [6.45, 7) is 7.26. The van der Waals surface area contributed by atoms with Gasteiger partial charge in [-0.05, 0) is 67.6 Å². The molecule has 0 aliphatic heterocycles. The van der Waals surface area contributed by atoms with Gasteiger partial charge in [-0.2, -0.15) is 0 Å². The van der Waals surface area contributed by atoms with E-state index in [1.54, 1.807) is 6.92 Å². The molecule has 21 heavy (non-hydrogen) atoms. The molecule has 0 bridgehead atoms. The van der Waals surface area contributed by atoms with Gasteiger partial charge < -0.3 is 5.32 Å². The Labute approximate surface area is 127 Å². The average molecular weight is 285 g/mol. The monoisotopic (exact) mass is 285 g/mol. The highest BCUT2D eigenvalue weighted by atomic mass is 19.1. The molecule has 2 aromatic carbocycles. The fourth-order valence-corrected chi connectivity index (χ4v) is 2.47. The number of nitrogens with one attached hydrogen (secondary N) is 1. The van der Waals surface area contributed by atoms with Crippen LogP contribution in [0.2, 0.25) is 0 Å². The lowest BCUT2D eigenvalue weighted by atomic mass is 10.00. The van der Waals surface area contributed by atoms with Crippen LogP contribution in [-0.4, -0.2) is 12.6 Å². The van der Waals surface area contributed by atoms with Gasteiger partial charge in [0.15, 0.2) is 0 Å². The van der Waals surface area contributed by atoms with Crippen LogP contribution >= 0.6 is 0 Å². The molecule has 0 aliphatic rings. The highest BCUT2D eigenvalue weighted by Crippen LogP contribution is 2.22. The third kappa shape index (κ3) is 4.40. The third-order valence-corrected chi connectivity index (χ3v) is 3.73. The van der Waals surface area contributed by atoms with E-state index >= 15 is 0 Å². The molecule has 0 fully saturated rings. The zero-order chi connectivity index (χ0) is 15.2. The summed E-state index contributed by atoms with van der Waals surface area (Å²) in [4.78, 5) is 0. The maximum atomic E-state index is 13.3. The second-order valence-electron chi connectivity index (χ2n) is 5.72. The molecule has 2 aromatic rings. The zero-order valence-electron chi connectivity index (χ0n) is 13.1. The lowest BCUT2D eigenvalue weighted by Crippen LogP contribution is -2.28. The van der Waals surface area contributed by atoms with Crippen LogP contribution in [0.3, 0.4) is 0 Å². The first kappa shape index (κ1) is 15.7. The predicted octanol–water partition coefficient (Wildman–Crippen LogP) is 4.73. The Balaban J connectivity index is 2.06. The quantitative estimate of drug-likeness (QED) is 0.809. The lowest BCUT2D eigenvalue weighted by Gasteiger charge is -2.13. The number of hydrogen-bond donors (Lipinski definition) is 1. The molecule has 112 valence electrons. The Kier molecular flexibility index (Phi) is 5.51. The highest BCUT2D eigenvalue weighted by molar-refractivity contribution is 5.64. The van der Waals surface area contributed by atoms with Gasteiger partial charge in [-0.25, -0.2) is 4.39 Å². The summed E-state index contributed by atoms with van der Waals surface area (Å²) in [6, 6.07) is 14.3. The summed E-state index contributed by atoms with van der Waals surface area (Å²) >= 11 is 0. The van der Waals surface area contributed by atoms with Crippen LogP contribution in [0.25, 0.3) is 11.1 Å². The topological polar surface area (TPSA) is 12.0 Å². The van der Waals surface area contributed by atoms with Crippen molar-refractivity contribution in [3.05, 3.63) is 59.4 Å². The van der Waals surface area contributed by atoms with Crippen molar-refractivity contribution in [2.45, 2.75) is 39.7 Å². The van der Waals surface area contributed by atoms with Crippen LogP contribution in [0.15, 0.2) is 42.5 Å². The summed E-state index contributed by atoms with van der Waals surface area (Å²) < 4.78 is 13.3. The van der Waals surface area contributed by atoms with Crippen molar-refractivity contribution < 1.29 is 4.39 Å². The predicted molar refractivity (Wildman–Crippen MR) is 88.0 cm³/mol. The zero-order valence-corrected chi connectivity index (χ0v) is 13.1. The van der Waals surface area contributed by atoms with Crippen molar-refractivity contribution in [3.8, 4) is 11.1 Å². The summed E-state index contributed by atoms with van der Waals surface area (Å²) in [5.41, 5.74) is 4.22. The van der Waals surface area contributed by atoms with E-state index in [2.05, 4.69) is 43.4 Å². The third-order valence-electron chi connectivity index (χ3n) is 3.73. The number of rotatable bonds is 6.